The number of ether oxygens (including phenoxy) is 1. The van der Waals surface area contributed by atoms with Crippen LogP contribution in [0.5, 0.6) is 0 Å². The number of morpholine rings is 1. The highest BCUT2D eigenvalue weighted by molar-refractivity contribution is 5.06. The van der Waals surface area contributed by atoms with Crippen molar-refractivity contribution in [2.75, 3.05) is 13.2 Å². The molecule has 8 nitrogen and oxygen atoms in total. The summed E-state index contributed by atoms with van der Waals surface area (Å²) in [6.45, 7) is 7.15. The molecule has 1 saturated heterocycles. The molecule has 2 atom stereocenters. The van der Waals surface area contributed by atoms with E-state index in [1.807, 2.05) is 4.68 Å². The van der Waals surface area contributed by atoms with Crippen LogP contribution in [-0.4, -0.2) is 49.1 Å². The quantitative estimate of drug-likeness (QED) is 0.826. The molecule has 1 aliphatic carbocycles. The Morgan fingerprint density at radius 3 is 3.00 bits per heavy atom. The molecule has 0 unspecified atom stereocenters. The summed E-state index contributed by atoms with van der Waals surface area (Å²) in [6, 6.07) is -0.0363. The average Bonchev–Trinajstić information content (AvgIpc) is 3.12. The molecule has 2 aromatic rings. The SMILES string of the molecule is CCn1ncnc1CN1CCO[C@H](C)[C@H]1c1nc(C2CC2)no1. The Bertz CT molecular complexity index is 664. The highest BCUT2D eigenvalue weighted by Gasteiger charge is 2.37. The lowest BCUT2D eigenvalue weighted by molar-refractivity contribution is -0.0774. The molecule has 0 N–H and O–H groups in total. The predicted molar refractivity (Wildman–Crippen MR) is 80.5 cm³/mol. The van der Waals surface area contributed by atoms with Crippen molar-refractivity contribution in [3.05, 3.63) is 23.9 Å². The lowest BCUT2D eigenvalue weighted by atomic mass is 10.1. The van der Waals surface area contributed by atoms with Crippen molar-refractivity contribution in [1.29, 1.82) is 0 Å². The van der Waals surface area contributed by atoms with Crippen LogP contribution in [0.2, 0.25) is 0 Å². The van der Waals surface area contributed by atoms with E-state index in [1.54, 1.807) is 6.33 Å². The number of nitrogens with zero attached hydrogens (tertiary/aromatic N) is 6. The van der Waals surface area contributed by atoms with E-state index in [1.165, 1.54) is 12.8 Å². The molecule has 124 valence electrons. The zero-order chi connectivity index (χ0) is 15.8. The third-order valence-electron chi connectivity index (χ3n) is 4.59. The minimum atomic E-state index is -0.0363. The van der Waals surface area contributed by atoms with Crippen LogP contribution in [0.25, 0.3) is 0 Å². The van der Waals surface area contributed by atoms with Crippen molar-refractivity contribution in [3.8, 4) is 0 Å². The van der Waals surface area contributed by atoms with Crippen molar-refractivity contribution in [1.82, 2.24) is 29.8 Å². The van der Waals surface area contributed by atoms with Crippen LogP contribution in [0.15, 0.2) is 10.9 Å². The smallest absolute Gasteiger partial charge is 0.246 e. The van der Waals surface area contributed by atoms with E-state index in [4.69, 9.17) is 9.26 Å². The van der Waals surface area contributed by atoms with Crippen molar-refractivity contribution in [2.45, 2.75) is 57.8 Å². The summed E-state index contributed by atoms with van der Waals surface area (Å²) in [4.78, 5) is 11.3. The summed E-state index contributed by atoms with van der Waals surface area (Å²) in [5.74, 6) is 2.94. The van der Waals surface area contributed by atoms with E-state index >= 15 is 0 Å². The highest BCUT2D eigenvalue weighted by Crippen LogP contribution is 2.39. The average molecular weight is 318 g/mol. The van der Waals surface area contributed by atoms with Crippen molar-refractivity contribution < 1.29 is 9.26 Å². The van der Waals surface area contributed by atoms with E-state index in [9.17, 15) is 0 Å². The van der Waals surface area contributed by atoms with Crippen LogP contribution in [0.3, 0.4) is 0 Å². The zero-order valence-corrected chi connectivity index (χ0v) is 13.6. The lowest BCUT2D eigenvalue weighted by Crippen LogP contribution is -2.44. The van der Waals surface area contributed by atoms with Gasteiger partial charge in [0.25, 0.3) is 0 Å². The molecule has 1 aliphatic heterocycles. The molecular formula is C15H22N6O2. The lowest BCUT2D eigenvalue weighted by Gasteiger charge is -2.37. The third-order valence-corrected chi connectivity index (χ3v) is 4.59. The second-order valence-electron chi connectivity index (χ2n) is 6.25. The maximum absolute atomic E-state index is 5.82. The molecule has 3 heterocycles. The summed E-state index contributed by atoms with van der Waals surface area (Å²) in [6.07, 6.45) is 3.95. The molecule has 0 radical (unpaired) electrons. The van der Waals surface area contributed by atoms with Crippen LogP contribution in [0, 0.1) is 0 Å². The van der Waals surface area contributed by atoms with E-state index in [-0.39, 0.29) is 12.1 Å². The fraction of sp³-hybridized carbons (Fsp3) is 0.733. The van der Waals surface area contributed by atoms with E-state index in [0.717, 1.165) is 24.7 Å². The summed E-state index contributed by atoms with van der Waals surface area (Å²) in [5.41, 5.74) is 0. The zero-order valence-electron chi connectivity index (χ0n) is 13.6. The Morgan fingerprint density at radius 2 is 2.22 bits per heavy atom. The van der Waals surface area contributed by atoms with Gasteiger partial charge in [-0.2, -0.15) is 10.1 Å². The Kier molecular flexibility index (Phi) is 3.86. The molecule has 1 saturated carbocycles. The predicted octanol–water partition coefficient (Wildman–Crippen LogP) is 1.52. The van der Waals surface area contributed by atoms with Gasteiger partial charge in [-0.3, -0.25) is 4.90 Å². The van der Waals surface area contributed by atoms with Crippen LogP contribution in [0.1, 0.15) is 56.2 Å². The van der Waals surface area contributed by atoms with Gasteiger partial charge in [-0.15, -0.1) is 0 Å². The topological polar surface area (TPSA) is 82.1 Å². The van der Waals surface area contributed by atoms with E-state index < -0.39 is 0 Å². The van der Waals surface area contributed by atoms with E-state index in [2.05, 4.69) is 39.0 Å². The number of hydrogen-bond acceptors (Lipinski definition) is 7. The maximum atomic E-state index is 5.82. The molecule has 8 heteroatoms. The highest BCUT2D eigenvalue weighted by atomic mass is 16.5. The number of aryl methyl sites for hydroxylation is 1. The summed E-state index contributed by atoms with van der Waals surface area (Å²) in [5, 5.41) is 8.40. The molecule has 2 aliphatic rings. The van der Waals surface area contributed by atoms with Gasteiger partial charge in [0, 0.05) is 19.0 Å². The van der Waals surface area contributed by atoms with Gasteiger partial charge in [0.2, 0.25) is 5.89 Å². The largest absolute Gasteiger partial charge is 0.375 e. The fourth-order valence-corrected chi connectivity index (χ4v) is 3.15. The second-order valence-corrected chi connectivity index (χ2v) is 6.25. The second kappa shape index (κ2) is 6.01. The number of aromatic nitrogens is 5. The molecule has 0 bridgehead atoms. The first-order valence-corrected chi connectivity index (χ1v) is 8.32. The van der Waals surface area contributed by atoms with Crippen LogP contribution in [0.4, 0.5) is 0 Å². The van der Waals surface area contributed by atoms with Crippen LogP contribution in [-0.2, 0) is 17.8 Å². The van der Waals surface area contributed by atoms with Gasteiger partial charge in [0.1, 0.15) is 18.2 Å². The summed E-state index contributed by atoms with van der Waals surface area (Å²) >= 11 is 0. The molecule has 2 aromatic heterocycles. The number of hydrogen-bond donors (Lipinski definition) is 0. The first-order chi connectivity index (χ1) is 11.3. The maximum Gasteiger partial charge on any atom is 0.246 e. The Hall–Kier alpha value is -1.80. The van der Waals surface area contributed by atoms with Gasteiger partial charge in [-0.25, -0.2) is 9.67 Å². The summed E-state index contributed by atoms with van der Waals surface area (Å²) < 4.78 is 13.3. The van der Waals surface area contributed by atoms with Crippen molar-refractivity contribution in [3.63, 3.8) is 0 Å². The molecule has 23 heavy (non-hydrogen) atoms. The van der Waals surface area contributed by atoms with Gasteiger partial charge < -0.3 is 9.26 Å². The Morgan fingerprint density at radius 1 is 1.35 bits per heavy atom. The third kappa shape index (κ3) is 2.88. The van der Waals surface area contributed by atoms with Crippen LogP contribution >= 0.6 is 0 Å². The van der Waals surface area contributed by atoms with Gasteiger partial charge >= 0.3 is 0 Å². The molecule has 4 rings (SSSR count). The van der Waals surface area contributed by atoms with Gasteiger partial charge in [-0.1, -0.05) is 5.16 Å². The minimum Gasteiger partial charge on any atom is -0.375 e. The van der Waals surface area contributed by atoms with Gasteiger partial charge in [0.05, 0.1) is 19.3 Å². The van der Waals surface area contributed by atoms with Crippen molar-refractivity contribution in [2.24, 2.45) is 0 Å². The standard InChI is InChI=1S/C15H22N6O2/c1-3-21-12(16-9-17-21)8-20-6-7-22-10(2)13(20)15-18-14(19-23-15)11-4-5-11/h9-11,13H,3-8H2,1-2H3/t10-,13+/m1/s1. The first kappa shape index (κ1) is 14.8. The molecular weight excluding hydrogens is 296 g/mol. The first-order valence-electron chi connectivity index (χ1n) is 8.32. The molecule has 0 aromatic carbocycles. The fourth-order valence-electron chi connectivity index (χ4n) is 3.15. The minimum absolute atomic E-state index is 0.00857. The van der Waals surface area contributed by atoms with Crippen LogP contribution < -0.4 is 0 Å². The number of rotatable bonds is 5. The molecule has 0 amide bonds. The van der Waals surface area contributed by atoms with E-state index in [0.29, 0.717) is 25.0 Å². The molecule has 0 spiro atoms. The van der Waals surface area contributed by atoms with Gasteiger partial charge in [0.15, 0.2) is 5.82 Å². The van der Waals surface area contributed by atoms with Crippen molar-refractivity contribution >= 4 is 0 Å². The Labute approximate surface area is 134 Å². The molecule has 2 fully saturated rings. The Balaban J connectivity index is 1.57. The monoisotopic (exact) mass is 318 g/mol. The summed E-state index contributed by atoms with van der Waals surface area (Å²) in [7, 11) is 0. The normalized spacial score (nSPS) is 25.8. The van der Waals surface area contributed by atoms with Gasteiger partial charge in [-0.05, 0) is 26.7 Å².